The van der Waals surface area contributed by atoms with Crippen molar-refractivity contribution in [3.05, 3.63) is 67.4 Å². The average molecular weight is 477 g/mol. The van der Waals surface area contributed by atoms with E-state index in [9.17, 15) is 4.79 Å². The summed E-state index contributed by atoms with van der Waals surface area (Å²) in [6.45, 7) is 9.54. The van der Waals surface area contributed by atoms with E-state index >= 15 is 0 Å². The van der Waals surface area contributed by atoms with Gasteiger partial charge in [0.1, 0.15) is 11.6 Å². The van der Waals surface area contributed by atoms with E-state index in [0.717, 1.165) is 55.7 Å². The Morgan fingerprint density at radius 3 is 2.69 bits per heavy atom. The van der Waals surface area contributed by atoms with Crippen LogP contribution in [0.25, 0.3) is 0 Å². The first kappa shape index (κ1) is 24.2. The molecule has 2 aliphatic heterocycles. The fourth-order valence-electron chi connectivity index (χ4n) is 3.94. The Labute approximate surface area is 206 Å². The lowest BCUT2D eigenvalue weighted by atomic mass is 10.2. The van der Waals surface area contributed by atoms with E-state index in [1.807, 2.05) is 48.7 Å². The highest BCUT2D eigenvalue weighted by atomic mass is 16.5. The van der Waals surface area contributed by atoms with Crippen molar-refractivity contribution in [1.29, 1.82) is 0 Å². The summed E-state index contributed by atoms with van der Waals surface area (Å²) in [5.74, 6) is 1.14. The number of carbonyl (C=O) groups excluding carboxylic acids is 1. The summed E-state index contributed by atoms with van der Waals surface area (Å²) in [5.41, 5.74) is 3.35. The number of nitrogens with zero attached hydrogens (tertiary/aromatic N) is 3. The normalized spacial score (nSPS) is 17.4. The first-order valence-electron chi connectivity index (χ1n) is 11.7. The molecule has 2 aromatic carbocycles. The molecule has 2 aromatic rings. The van der Waals surface area contributed by atoms with E-state index in [0.29, 0.717) is 11.5 Å². The van der Waals surface area contributed by atoms with Gasteiger partial charge in [0.2, 0.25) is 5.91 Å². The molecule has 4 rings (SSSR count). The zero-order chi connectivity index (χ0) is 24.6. The summed E-state index contributed by atoms with van der Waals surface area (Å²) in [6, 6.07) is 13.6. The molecule has 3 N–H and O–H groups in total. The van der Waals surface area contributed by atoms with Gasteiger partial charge in [-0.25, -0.2) is 4.99 Å². The van der Waals surface area contributed by atoms with Gasteiger partial charge < -0.3 is 35.2 Å². The lowest BCUT2D eigenvalue weighted by Crippen LogP contribution is -2.40. The topological polar surface area (TPSA) is 90.5 Å². The Kier molecular flexibility index (Phi) is 7.89. The molecule has 0 aromatic heterocycles. The van der Waals surface area contributed by atoms with Crippen molar-refractivity contribution >= 4 is 34.5 Å². The molecule has 184 valence electrons. The molecule has 9 heteroatoms. The van der Waals surface area contributed by atoms with Crippen LogP contribution in [-0.2, 0) is 9.53 Å². The van der Waals surface area contributed by atoms with Gasteiger partial charge >= 0.3 is 0 Å². The highest BCUT2D eigenvalue weighted by Crippen LogP contribution is 2.32. The largest absolute Gasteiger partial charge is 0.495 e. The van der Waals surface area contributed by atoms with Crippen LogP contribution >= 0.6 is 0 Å². The second-order valence-electron chi connectivity index (χ2n) is 8.03. The predicted molar refractivity (Wildman–Crippen MR) is 141 cm³/mol. The molecular weight excluding hydrogens is 444 g/mol. The molecule has 1 saturated heterocycles. The molecule has 1 fully saturated rings. The van der Waals surface area contributed by atoms with Crippen LogP contribution in [0.1, 0.15) is 6.92 Å². The number of amides is 1. The fraction of sp³-hybridized carbons (Fsp3) is 0.308. The molecule has 35 heavy (non-hydrogen) atoms. The highest BCUT2D eigenvalue weighted by molar-refractivity contribution is 6.08. The molecule has 9 nitrogen and oxygen atoms in total. The molecule has 1 atom stereocenters. The van der Waals surface area contributed by atoms with Crippen molar-refractivity contribution in [2.45, 2.75) is 13.2 Å². The SMILES string of the molecule is C=CC(=O)Nc1ccccc1NC1=NC(Nc2ccc(N3CCOCC3)cc2OC)N(CC)C=C1. The van der Waals surface area contributed by atoms with Gasteiger partial charge in [-0.15, -0.1) is 0 Å². The van der Waals surface area contributed by atoms with E-state index in [2.05, 4.69) is 45.3 Å². The van der Waals surface area contributed by atoms with Gasteiger partial charge in [0, 0.05) is 37.6 Å². The summed E-state index contributed by atoms with van der Waals surface area (Å²) in [5, 5.41) is 9.63. The number of carbonyl (C=O) groups is 1. The van der Waals surface area contributed by atoms with E-state index < -0.39 is 0 Å². The molecule has 0 radical (unpaired) electrons. The number of para-hydroxylation sites is 2. The maximum atomic E-state index is 11.8. The van der Waals surface area contributed by atoms with Crippen LogP contribution in [0.3, 0.4) is 0 Å². The van der Waals surface area contributed by atoms with Crippen molar-refractivity contribution in [3.8, 4) is 5.75 Å². The quantitative estimate of drug-likeness (QED) is 0.501. The molecule has 2 heterocycles. The maximum Gasteiger partial charge on any atom is 0.247 e. The summed E-state index contributed by atoms with van der Waals surface area (Å²) in [4.78, 5) is 21.1. The second-order valence-corrected chi connectivity index (χ2v) is 8.03. The van der Waals surface area contributed by atoms with Crippen molar-refractivity contribution < 1.29 is 14.3 Å². The van der Waals surface area contributed by atoms with Crippen LogP contribution in [0.5, 0.6) is 5.75 Å². The summed E-state index contributed by atoms with van der Waals surface area (Å²) in [7, 11) is 1.67. The number of amidine groups is 1. The van der Waals surface area contributed by atoms with Gasteiger partial charge in [-0.2, -0.15) is 0 Å². The second kappa shape index (κ2) is 11.4. The Hall–Kier alpha value is -3.98. The fourth-order valence-corrected chi connectivity index (χ4v) is 3.94. The number of morpholine rings is 1. The Balaban J connectivity index is 1.53. The number of hydrogen-bond donors (Lipinski definition) is 3. The van der Waals surface area contributed by atoms with Gasteiger partial charge in [0.15, 0.2) is 6.29 Å². The molecule has 0 spiro atoms. The number of methoxy groups -OCH3 is 1. The standard InChI is InChI=1S/C26H32N6O3/c1-4-25(33)28-21-9-7-6-8-20(21)27-24-12-13-31(5-2)26(30-24)29-22-11-10-19(18-23(22)34-3)32-14-16-35-17-15-32/h4,6-13,18,26,29H,1,5,14-17H2,2-3H3,(H,27,30)(H,28,33). The molecule has 1 amide bonds. The Bertz CT molecular complexity index is 1110. The van der Waals surface area contributed by atoms with E-state index in [1.54, 1.807) is 7.11 Å². The molecule has 0 saturated carbocycles. The lowest BCUT2D eigenvalue weighted by Gasteiger charge is -2.32. The minimum absolute atomic E-state index is 0.273. The molecule has 1 unspecified atom stereocenters. The highest BCUT2D eigenvalue weighted by Gasteiger charge is 2.21. The van der Waals surface area contributed by atoms with Gasteiger partial charge in [0.05, 0.1) is 37.4 Å². The Morgan fingerprint density at radius 1 is 1.20 bits per heavy atom. The number of benzene rings is 2. The Morgan fingerprint density at radius 2 is 1.97 bits per heavy atom. The minimum atomic E-state index is -0.342. The first-order valence-corrected chi connectivity index (χ1v) is 11.7. The zero-order valence-electron chi connectivity index (χ0n) is 20.2. The number of nitrogens with one attached hydrogen (secondary N) is 3. The van der Waals surface area contributed by atoms with E-state index in [4.69, 9.17) is 14.5 Å². The van der Waals surface area contributed by atoms with Crippen LogP contribution in [0.2, 0.25) is 0 Å². The number of ether oxygens (including phenoxy) is 2. The maximum absolute atomic E-state index is 11.8. The van der Waals surface area contributed by atoms with Crippen molar-refractivity contribution in [3.63, 3.8) is 0 Å². The van der Waals surface area contributed by atoms with Crippen LogP contribution in [0.4, 0.5) is 22.7 Å². The van der Waals surface area contributed by atoms with Crippen LogP contribution in [0, 0.1) is 0 Å². The third-order valence-electron chi connectivity index (χ3n) is 5.84. The third-order valence-corrected chi connectivity index (χ3v) is 5.84. The lowest BCUT2D eigenvalue weighted by molar-refractivity contribution is -0.111. The molecular formula is C26H32N6O3. The molecule has 0 bridgehead atoms. The summed E-state index contributed by atoms with van der Waals surface area (Å²) >= 11 is 0. The van der Waals surface area contributed by atoms with E-state index in [1.165, 1.54) is 6.08 Å². The van der Waals surface area contributed by atoms with Crippen LogP contribution in [0.15, 0.2) is 72.4 Å². The molecule has 2 aliphatic rings. The number of hydrogen-bond acceptors (Lipinski definition) is 8. The van der Waals surface area contributed by atoms with E-state index in [-0.39, 0.29) is 12.2 Å². The van der Waals surface area contributed by atoms with Gasteiger partial charge in [-0.1, -0.05) is 18.7 Å². The van der Waals surface area contributed by atoms with Crippen LogP contribution < -0.4 is 25.6 Å². The zero-order valence-corrected chi connectivity index (χ0v) is 20.2. The van der Waals surface area contributed by atoms with Crippen molar-refractivity contribution in [2.24, 2.45) is 4.99 Å². The van der Waals surface area contributed by atoms with Gasteiger partial charge in [0.25, 0.3) is 0 Å². The number of aliphatic imine (C=N–C) groups is 1. The van der Waals surface area contributed by atoms with Crippen molar-refractivity contribution in [1.82, 2.24) is 4.90 Å². The number of rotatable bonds is 8. The monoisotopic (exact) mass is 476 g/mol. The van der Waals surface area contributed by atoms with Crippen LogP contribution in [-0.4, -0.2) is 62.9 Å². The average Bonchev–Trinajstić information content (AvgIpc) is 2.90. The summed E-state index contributed by atoms with van der Waals surface area (Å²) < 4.78 is 11.2. The number of anilines is 4. The molecule has 0 aliphatic carbocycles. The smallest absolute Gasteiger partial charge is 0.247 e. The minimum Gasteiger partial charge on any atom is -0.495 e. The summed E-state index contributed by atoms with van der Waals surface area (Å²) in [6.07, 6.45) is 4.80. The van der Waals surface area contributed by atoms with Gasteiger partial charge in [-0.05, 0) is 43.3 Å². The predicted octanol–water partition coefficient (Wildman–Crippen LogP) is 3.71. The first-order chi connectivity index (χ1) is 17.1. The van der Waals surface area contributed by atoms with Gasteiger partial charge in [-0.3, -0.25) is 4.79 Å². The third kappa shape index (κ3) is 5.93. The van der Waals surface area contributed by atoms with Crippen molar-refractivity contribution in [2.75, 3.05) is 60.8 Å².